The van der Waals surface area contributed by atoms with Gasteiger partial charge in [-0.05, 0) is 49.8 Å². The molecule has 2 aromatic heterocycles. The van der Waals surface area contributed by atoms with E-state index in [0.29, 0.717) is 11.7 Å². The van der Waals surface area contributed by atoms with Gasteiger partial charge in [0.2, 0.25) is 11.7 Å². The minimum Gasteiger partial charge on any atom is -0.341 e. The molecule has 1 aliphatic carbocycles. The number of anilines is 1. The van der Waals surface area contributed by atoms with Gasteiger partial charge in [-0.15, -0.1) is 10.2 Å². The zero-order valence-corrected chi connectivity index (χ0v) is 16.3. The zero-order chi connectivity index (χ0) is 17.7. The molecule has 3 heterocycles. The van der Waals surface area contributed by atoms with Gasteiger partial charge in [0.1, 0.15) is 0 Å². The highest BCUT2D eigenvalue weighted by Gasteiger charge is 2.24. The quantitative estimate of drug-likeness (QED) is 0.655. The number of halogens is 1. The van der Waals surface area contributed by atoms with E-state index >= 15 is 0 Å². The Balaban J connectivity index is 1.78. The van der Waals surface area contributed by atoms with Crippen LogP contribution in [0.25, 0.3) is 16.7 Å². The molecule has 1 aliphatic heterocycles. The molecule has 6 nitrogen and oxygen atoms in total. The molecule has 26 heavy (non-hydrogen) atoms. The average Bonchev–Trinajstić information content (AvgIpc) is 3.38. The first-order chi connectivity index (χ1) is 12.7. The first-order valence-electron chi connectivity index (χ1n) is 9.54. The smallest absolute Gasteiger partial charge is 0.262 e. The molecule has 0 radical (unpaired) electrons. The Morgan fingerprint density at radius 3 is 2.62 bits per heavy atom. The van der Waals surface area contributed by atoms with Gasteiger partial charge >= 0.3 is 0 Å². The Labute approximate surface area is 159 Å². The second-order valence-electron chi connectivity index (χ2n) is 7.56. The van der Waals surface area contributed by atoms with Crippen molar-refractivity contribution in [1.82, 2.24) is 19.2 Å². The first kappa shape index (κ1) is 16.3. The largest absolute Gasteiger partial charge is 0.341 e. The summed E-state index contributed by atoms with van der Waals surface area (Å²) in [4.78, 5) is 15.5. The monoisotopic (exact) mass is 415 g/mol. The van der Waals surface area contributed by atoms with Gasteiger partial charge in [-0.25, -0.2) is 4.40 Å². The molecule has 0 spiro atoms. The fraction of sp³-hybridized carbons (Fsp3) is 0.526. The predicted octanol–water partition coefficient (Wildman–Crippen LogP) is 3.60. The lowest BCUT2D eigenvalue weighted by Gasteiger charge is -2.18. The third-order valence-corrected chi connectivity index (χ3v) is 6.34. The van der Waals surface area contributed by atoms with Crippen LogP contribution in [0, 0.1) is 5.92 Å². The fourth-order valence-corrected chi connectivity index (χ4v) is 4.87. The summed E-state index contributed by atoms with van der Waals surface area (Å²) in [6, 6.07) is 5.91. The van der Waals surface area contributed by atoms with Crippen LogP contribution in [0.4, 0.5) is 5.95 Å². The van der Waals surface area contributed by atoms with Crippen molar-refractivity contribution in [2.75, 3.05) is 18.0 Å². The SMILES string of the molecule is O=c1c2cc(Br)ccc2n2c(N3CCCC3)nnc2n1CC1CCCC1. The molecule has 2 fully saturated rings. The Bertz CT molecular complexity index is 1030. The maximum absolute atomic E-state index is 13.3. The Kier molecular flexibility index (Phi) is 3.99. The molecule has 1 saturated carbocycles. The molecule has 3 aromatic rings. The minimum absolute atomic E-state index is 0.0427. The van der Waals surface area contributed by atoms with Gasteiger partial charge in [0.25, 0.3) is 5.56 Å². The minimum atomic E-state index is 0.0427. The molecular formula is C19H22BrN5O. The van der Waals surface area contributed by atoms with E-state index in [9.17, 15) is 4.79 Å². The summed E-state index contributed by atoms with van der Waals surface area (Å²) in [6.45, 7) is 2.74. The predicted molar refractivity (Wildman–Crippen MR) is 106 cm³/mol. The molecule has 0 unspecified atom stereocenters. The average molecular weight is 416 g/mol. The molecule has 0 N–H and O–H groups in total. The molecule has 1 aromatic carbocycles. The fourth-order valence-electron chi connectivity index (χ4n) is 4.51. The standard InChI is InChI=1S/C19H22BrN5O/c20-14-7-8-16-15(11-14)17(26)24(12-13-5-1-2-6-13)19-22-21-18(25(16)19)23-9-3-4-10-23/h7-8,11,13H,1-6,9-10,12H2. The van der Waals surface area contributed by atoms with Crippen molar-refractivity contribution in [1.29, 1.82) is 0 Å². The van der Waals surface area contributed by atoms with Crippen LogP contribution in [-0.4, -0.2) is 32.3 Å². The molecular weight excluding hydrogens is 394 g/mol. The van der Waals surface area contributed by atoms with E-state index in [1.165, 1.54) is 38.5 Å². The van der Waals surface area contributed by atoms with E-state index in [1.54, 1.807) is 0 Å². The second kappa shape index (κ2) is 6.37. The van der Waals surface area contributed by atoms with Crippen LogP contribution in [0.3, 0.4) is 0 Å². The van der Waals surface area contributed by atoms with Gasteiger partial charge in [-0.1, -0.05) is 28.8 Å². The Hall–Kier alpha value is -1.89. The van der Waals surface area contributed by atoms with Crippen molar-refractivity contribution in [3.05, 3.63) is 33.0 Å². The summed E-state index contributed by atoms with van der Waals surface area (Å²) in [5, 5.41) is 9.68. The lowest BCUT2D eigenvalue weighted by Crippen LogP contribution is -2.27. The molecule has 0 atom stereocenters. The second-order valence-corrected chi connectivity index (χ2v) is 8.47. The molecule has 5 rings (SSSR count). The van der Waals surface area contributed by atoms with Crippen molar-refractivity contribution in [2.24, 2.45) is 5.92 Å². The van der Waals surface area contributed by atoms with Crippen molar-refractivity contribution >= 4 is 38.6 Å². The van der Waals surface area contributed by atoms with Crippen molar-refractivity contribution in [2.45, 2.75) is 45.1 Å². The lowest BCUT2D eigenvalue weighted by atomic mass is 10.1. The van der Waals surface area contributed by atoms with Crippen LogP contribution in [-0.2, 0) is 6.54 Å². The number of hydrogen-bond acceptors (Lipinski definition) is 4. The van der Waals surface area contributed by atoms with E-state index in [0.717, 1.165) is 41.0 Å². The van der Waals surface area contributed by atoms with Crippen LogP contribution in [0.2, 0.25) is 0 Å². The van der Waals surface area contributed by atoms with Crippen LogP contribution in [0.1, 0.15) is 38.5 Å². The van der Waals surface area contributed by atoms with Gasteiger partial charge < -0.3 is 4.90 Å². The normalized spacial score (nSPS) is 18.6. The van der Waals surface area contributed by atoms with Crippen LogP contribution in [0.5, 0.6) is 0 Å². The number of hydrogen-bond donors (Lipinski definition) is 0. The van der Waals surface area contributed by atoms with Gasteiger partial charge in [-0.2, -0.15) is 0 Å². The molecule has 0 amide bonds. The van der Waals surface area contributed by atoms with E-state index in [1.807, 2.05) is 22.8 Å². The van der Waals surface area contributed by atoms with Crippen molar-refractivity contribution in [3.63, 3.8) is 0 Å². The highest BCUT2D eigenvalue weighted by molar-refractivity contribution is 9.10. The Morgan fingerprint density at radius 2 is 1.85 bits per heavy atom. The summed E-state index contributed by atoms with van der Waals surface area (Å²) < 4.78 is 4.87. The lowest BCUT2D eigenvalue weighted by molar-refractivity contribution is 0.454. The molecule has 0 bridgehead atoms. The topological polar surface area (TPSA) is 55.4 Å². The third kappa shape index (κ3) is 2.55. The molecule has 7 heteroatoms. The van der Waals surface area contributed by atoms with E-state index in [4.69, 9.17) is 0 Å². The van der Waals surface area contributed by atoms with Gasteiger partial charge in [0.15, 0.2) is 0 Å². The highest BCUT2D eigenvalue weighted by Crippen LogP contribution is 2.28. The molecule has 1 saturated heterocycles. The number of nitrogens with zero attached hydrogens (tertiary/aromatic N) is 5. The van der Waals surface area contributed by atoms with Gasteiger partial charge in [0, 0.05) is 24.1 Å². The van der Waals surface area contributed by atoms with E-state index < -0.39 is 0 Å². The number of aromatic nitrogens is 4. The van der Waals surface area contributed by atoms with E-state index in [-0.39, 0.29) is 5.56 Å². The van der Waals surface area contributed by atoms with Gasteiger partial charge in [-0.3, -0.25) is 9.36 Å². The van der Waals surface area contributed by atoms with Crippen molar-refractivity contribution < 1.29 is 0 Å². The summed E-state index contributed by atoms with van der Waals surface area (Å²) in [7, 11) is 0. The first-order valence-corrected chi connectivity index (χ1v) is 10.3. The van der Waals surface area contributed by atoms with Crippen LogP contribution < -0.4 is 10.5 Å². The number of fused-ring (bicyclic) bond motifs is 3. The molecule has 2 aliphatic rings. The zero-order valence-electron chi connectivity index (χ0n) is 14.7. The molecule has 136 valence electrons. The number of rotatable bonds is 3. The summed E-state index contributed by atoms with van der Waals surface area (Å²) in [5.41, 5.74) is 0.934. The van der Waals surface area contributed by atoms with Crippen molar-refractivity contribution in [3.8, 4) is 0 Å². The third-order valence-electron chi connectivity index (χ3n) is 5.85. The number of benzene rings is 1. The summed E-state index contributed by atoms with van der Waals surface area (Å²) in [6.07, 6.45) is 7.28. The maximum atomic E-state index is 13.3. The maximum Gasteiger partial charge on any atom is 0.262 e. The van der Waals surface area contributed by atoms with Crippen LogP contribution >= 0.6 is 15.9 Å². The summed E-state index contributed by atoms with van der Waals surface area (Å²) in [5.74, 6) is 2.11. The Morgan fingerprint density at radius 1 is 1.08 bits per heavy atom. The van der Waals surface area contributed by atoms with E-state index in [2.05, 4.69) is 35.4 Å². The van der Waals surface area contributed by atoms with Crippen LogP contribution in [0.15, 0.2) is 27.5 Å². The summed E-state index contributed by atoms with van der Waals surface area (Å²) >= 11 is 3.52. The van der Waals surface area contributed by atoms with Gasteiger partial charge in [0.05, 0.1) is 10.9 Å². The highest BCUT2D eigenvalue weighted by atomic mass is 79.9.